The zero-order chi connectivity index (χ0) is 35.6. The second-order valence-electron chi connectivity index (χ2n) is 11.5. The molecule has 0 bridgehead atoms. The lowest BCUT2D eigenvalue weighted by Crippen LogP contribution is -2.38. The van der Waals surface area contributed by atoms with Crippen LogP contribution in [0.3, 0.4) is 0 Å². The number of hydrogen-bond donors (Lipinski definition) is 2. The van der Waals surface area contributed by atoms with E-state index in [0.717, 1.165) is 27.0 Å². The number of nitrogens with zero attached hydrogens (tertiary/aromatic N) is 3. The third-order valence-electron chi connectivity index (χ3n) is 7.91. The van der Waals surface area contributed by atoms with Crippen LogP contribution in [0.25, 0.3) is 0 Å². The molecular weight excluding hydrogens is 683 g/mol. The van der Waals surface area contributed by atoms with Gasteiger partial charge in [0.25, 0.3) is 11.9 Å². The van der Waals surface area contributed by atoms with Crippen molar-refractivity contribution in [3.63, 3.8) is 0 Å². The molecule has 6 aromatic rings. The molecule has 1 unspecified atom stereocenters. The molecule has 0 aliphatic carbocycles. The van der Waals surface area contributed by atoms with Gasteiger partial charge < -0.3 is 19.4 Å². The predicted octanol–water partition coefficient (Wildman–Crippen LogP) is 8.22. The highest BCUT2D eigenvalue weighted by atomic mass is 32.2. The monoisotopic (exact) mass is 718 g/mol. The van der Waals surface area contributed by atoms with Crippen LogP contribution < -0.4 is 14.2 Å². The van der Waals surface area contributed by atoms with Crippen molar-refractivity contribution >= 4 is 34.8 Å². The Morgan fingerprint density at radius 1 is 0.804 bits per heavy atom. The Balaban J connectivity index is 1.47. The number of rotatable bonds is 15. The minimum absolute atomic E-state index is 0.193. The number of hydrogen-bond acceptors (Lipinski definition) is 9. The quantitative estimate of drug-likeness (QED) is 0.0473. The first-order valence-corrected chi connectivity index (χ1v) is 18.4. The van der Waals surface area contributed by atoms with Gasteiger partial charge in [-0.15, -0.1) is 11.3 Å². The second-order valence-corrected chi connectivity index (χ2v) is 13.4. The van der Waals surface area contributed by atoms with E-state index in [4.69, 9.17) is 14.3 Å². The van der Waals surface area contributed by atoms with Gasteiger partial charge in [0.2, 0.25) is 17.6 Å². The van der Waals surface area contributed by atoms with Crippen molar-refractivity contribution in [1.82, 2.24) is 4.98 Å². The molecule has 2 aromatic heterocycles. The number of carbonyl (C=O) groups is 1. The first-order valence-electron chi connectivity index (χ1n) is 16.1. The van der Waals surface area contributed by atoms with E-state index >= 15 is 0 Å². The Hall–Kier alpha value is -5.65. The van der Waals surface area contributed by atoms with Crippen LogP contribution >= 0.6 is 23.1 Å². The number of carboxylic acid groups (broad SMARTS) is 1. The number of aliphatic carboxylic acids is 1. The Morgan fingerprint density at radius 2 is 1.27 bits per heavy atom. The summed E-state index contributed by atoms with van der Waals surface area (Å²) in [5, 5.41) is 27.8. The van der Waals surface area contributed by atoms with Crippen LogP contribution in [0.1, 0.15) is 57.0 Å². The summed E-state index contributed by atoms with van der Waals surface area (Å²) in [5.41, 5.74) is 3.75. The van der Waals surface area contributed by atoms with Gasteiger partial charge in [-0.2, -0.15) is 11.8 Å². The molecule has 11 heteroatoms. The first-order chi connectivity index (χ1) is 24.9. The van der Waals surface area contributed by atoms with Gasteiger partial charge >= 0.3 is 5.97 Å². The summed E-state index contributed by atoms with van der Waals surface area (Å²) in [6.07, 6.45) is 1.34. The fraction of sp³-hybridized carbons (Fsp3) is 0.150. The van der Waals surface area contributed by atoms with Crippen LogP contribution in [-0.4, -0.2) is 39.0 Å². The van der Waals surface area contributed by atoms with Gasteiger partial charge in [-0.05, 0) is 35.4 Å². The third-order valence-corrected chi connectivity index (χ3v) is 9.32. The van der Waals surface area contributed by atoms with Crippen molar-refractivity contribution in [1.29, 1.82) is 0 Å². The van der Waals surface area contributed by atoms with Crippen LogP contribution in [0, 0.1) is 6.92 Å². The van der Waals surface area contributed by atoms with E-state index in [1.165, 1.54) is 29.3 Å². The number of pyridine rings is 1. The molecule has 0 saturated heterocycles. The third kappa shape index (κ3) is 8.75. The lowest BCUT2D eigenvalue weighted by Gasteiger charge is -2.24. The summed E-state index contributed by atoms with van der Waals surface area (Å²) >= 11 is 2.76. The van der Waals surface area contributed by atoms with Gasteiger partial charge in [0.05, 0.1) is 11.1 Å². The smallest absolute Gasteiger partial charge is 0.360 e. The summed E-state index contributed by atoms with van der Waals surface area (Å²) < 4.78 is 14.6. The van der Waals surface area contributed by atoms with Crippen LogP contribution in [-0.2, 0) is 9.63 Å². The zero-order valence-corrected chi connectivity index (χ0v) is 29.5. The Labute approximate surface area is 304 Å². The van der Waals surface area contributed by atoms with E-state index in [1.54, 1.807) is 18.4 Å². The average Bonchev–Trinajstić information content (AvgIpc) is 3.59. The van der Waals surface area contributed by atoms with Crippen LogP contribution in [0.4, 0.5) is 0 Å². The fourth-order valence-electron chi connectivity index (χ4n) is 5.47. The maximum atomic E-state index is 12.2. The molecule has 51 heavy (non-hydrogen) atoms. The molecule has 9 nitrogen and oxygen atoms in total. The normalized spacial score (nSPS) is 12.1. The molecule has 0 saturated carbocycles. The standard InChI is InChI=1S/C40H35N3O6S2/c1-27-41-32(25-51-27)37(40(44)45)42-49-36(26-50-2)33-23-34(47-38(28-15-7-3-8-16-28)29-17-9-4-10-18-29)35(24-43(33)46)48-39(30-19-11-5-12-20-30)31-21-13-6-14-22-31/h3-25,36,38-39H,26H2,1-2H3,(H-,44,45,46)/p+1/b42-37-. The summed E-state index contributed by atoms with van der Waals surface area (Å²) in [4.78, 5) is 22.3. The molecule has 258 valence electrons. The topological polar surface area (TPSA) is 114 Å². The minimum Gasteiger partial charge on any atom is -0.477 e. The minimum atomic E-state index is -1.28. The van der Waals surface area contributed by atoms with E-state index in [0.29, 0.717) is 16.5 Å². The van der Waals surface area contributed by atoms with E-state index in [9.17, 15) is 15.1 Å². The van der Waals surface area contributed by atoms with Crippen molar-refractivity contribution in [2.45, 2.75) is 25.2 Å². The van der Waals surface area contributed by atoms with Crippen LogP contribution in [0.5, 0.6) is 11.5 Å². The number of thioether (sulfide) groups is 1. The molecule has 6 rings (SSSR count). The molecule has 2 heterocycles. The van der Waals surface area contributed by atoms with Crippen LogP contribution in [0.15, 0.2) is 144 Å². The van der Waals surface area contributed by atoms with Gasteiger partial charge in [-0.3, -0.25) is 5.21 Å². The Kier molecular flexibility index (Phi) is 11.6. The predicted molar refractivity (Wildman–Crippen MR) is 198 cm³/mol. The van der Waals surface area contributed by atoms with E-state index in [1.807, 2.05) is 128 Å². The van der Waals surface area contributed by atoms with Crippen molar-refractivity contribution in [2.75, 3.05) is 12.0 Å². The highest BCUT2D eigenvalue weighted by Gasteiger charge is 2.32. The summed E-state index contributed by atoms with van der Waals surface area (Å²) in [6.45, 7) is 1.78. The summed E-state index contributed by atoms with van der Waals surface area (Å²) in [7, 11) is 0. The number of aryl methyl sites for hydroxylation is 1. The zero-order valence-electron chi connectivity index (χ0n) is 27.9. The molecule has 0 amide bonds. The molecule has 0 spiro atoms. The van der Waals surface area contributed by atoms with Gasteiger partial charge in [0, 0.05) is 15.9 Å². The van der Waals surface area contributed by atoms with Crippen molar-refractivity contribution in [3.8, 4) is 11.5 Å². The number of thiazole rings is 1. The maximum Gasteiger partial charge on any atom is 0.360 e. The molecule has 0 aliphatic heterocycles. The number of ether oxygens (including phenoxy) is 2. The van der Waals surface area contributed by atoms with Crippen LogP contribution in [0.2, 0.25) is 0 Å². The van der Waals surface area contributed by atoms with Gasteiger partial charge in [-0.1, -0.05) is 126 Å². The SMILES string of the molecule is CSCC(O/N=C(\C(=O)O)c1csc(C)n1)c1cc(OC(c2ccccc2)c2ccccc2)c(OC(c2ccccc2)c2ccccc2)c[n+]1O. The van der Waals surface area contributed by atoms with Crippen molar-refractivity contribution in [2.24, 2.45) is 5.16 Å². The van der Waals surface area contributed by atoms with E-state index in [2.05, 4.69) is 10.1 Å². The summed E-state index contributed by atoms with van der Waals surface area (Å²) in [6, 6.07) is 41.0. The average molecular weight is 719 g/mol. The van der Waals surface area contributed by atoms with Crippen molar-refractivity contribution in [3.05, 3.63) is 178 Å². The van der Waals surface area contributed by atoms with E-state index < -0.39 is 24.3 Å². The molecule has 2 N–H and O–H groups in total. The molecule has 0 fully saturated rings. The van der Waals surface area contributed by atoms with Crippen molar-refractivity contribution < 1.29 is 34.2 Å². The molecule has 4 aromatic carbocycles. The number of oxime groups is 1. The highest BCUT2D eigenvalue weighted by Crippen LogP contribution is 2.39. The molecular formula is C40H36N3O6S2+. The largest absolute Gasteiger partial charge is 0.477 e. The molecule has 1 atom stereocenters. The van der Waals surface area contributed by atoms with Gasteiger partial charge in [-0.25, -0.2) is 9.78 Å². The highest BCUT2D eigenvalue weighted by molar-refractivity contribution is 7.98. The van der Waals surface area contributed by atoms with E-state index in [-0.39, 0.29) is 22.8 Å². The Morgan fingerprint density at radius 3 is 1.69 bits per heavy atom. The second kappa shape index (κ2) is 16.8. The first kappa shape index (κ1) is 35.2. The van der Waals surface area contributed by atoms with Gasteiger partial charge in [0.15, 0.2) is 5.75 Å². The molecule has 0 aliphatic rings. The number of aromatic nitrogens is 2. The molecule has 0 radical (unpaired) electrons. The fourth-order valence-corrected chi connectivity index (χ4v) is 6.60. The van der Waals surface area contributed by atoms with Gasteiger partial charge in [0.1, 0.15) is 17.9 Å². The summed E-state index contributed by atoms with van der Waals surface area (Å²) in [5.74, 6) is -0.359. The Bertz CT molecular complexity index is 1980. The number of carboxylic acids is 1. The number of benzene rings is 4. The maximum absolute atomic E-state index is 12.2. The lowest BCUT2D eigenvalue weighted by atomic mass is 10.0. The lowest BCUT2D eigenvalue weighted by molar-refractivity contribution is -0.911.